The highest BCUT2D eigenvalue weighted by atomic mass is 79.9. The van der Waals surface area contributed by atoms with Gasteiger partial charge in [-0.25, -0.2) is 0 Å². The van der Waals surface area contributed by atoms with Crippen molar-refractivity contribution in [2.24, 2.45) is 0 Å². The Labute approximate surface area is 122 Å². The van der Waals surface area contributed by atoms with Gasteiger partial charge in [0.1, 0.15) is 0 Å². The zero-order chi connectivity index (χ0) is 13.9. The fourth-order valence-electron chi connectivity index (χ4n) is 1.58. The summed E-state index contributed by atoms with van der Waals surface area (Å²) >= 11 is 6.65. The largest absolute Gasteiger partial charge is 0.504 e. The summed E-state index contributed by atoms with van der Waals surface area (Å²) in [4.78, 5) is 10.8. The van der Waals surface area contributed by atoms with Crippen LogP contribution in [-0.2, 0) is 17.6 Å². The Morgan fingerprint density at radius 3 is 2.44 bits per heavy atom. The number of aliphatic carboxylic acids is 1. The van der Waals surface area contributed by atoms with Crippen molar-refractivity contribution in [3.8, 4) is 11.5 Å². The van der Waals surface area contributed by atoms with Gasteiger partial charge in [0.05, 0.1) is 18.0 Å². The maximum absolute atomic E-state index is 10.8. The van der Waals surface area contributed by atoms with Crippen molar-refractivity contribution in [2.45, 2.75) is 12.8 Å². The van der Waals surface area contributed by atoms with E-state index in [1.807, 2.05) is 0 Å². The van der Waals surface area contributed by atoms with E-state index in [-0.39, 0.29) is 17.9 Å². The molecule has 0 aliphatic carbocycles. The van der Waals surface area contributed by atoms with Gasteiger partial charge in [0, 0.05) is 10.0 Å². The second kappa shape index (κ2) is 6.24. The van der Waals surface area contributed by atoms with Crippen LogP contribution in [0.1, 0.15) is 11.1 Å². The molecule has 1 rings (SSSR count). The number of phenolic OH excluding ortho intramolecular Hbond substituents is 1. The van der Waals surface area contributed by atoms with E-state index in [4.69, 9.17) is 9.84 Å². The number of aromatic hydroxyl groups is 1. The molecular formula is C12H12Br2O4. The van der Waals surface area contributed by atoms with Crippen LogP contribution in [0.15, 0.2) is 21.6 Å². The lowest BCUT2D eigenvalue weighted by molar-refractivity contribution is -0.136. The molecule has 0 atom stereocenters. The molecule has 0 saturated carbocycles. The molecular weight excluding hydrogens is 368 g/mol. The van der Waals surface area contributed by atoms with Gasteiger partial charge in [0.25, 0.3) is 0 Å². The molecule has 0 unspecified atom stereocenters. The number of ether oxygens (including phenoxy) is 1. The van der Waals surface area contributed by atoms with Gasteiger partial charge in [-0.05, 0) is 27.9 Å². The van der Waals surface area contributed by atoms with Crippen molar-refractivity contribution in [3.05, 3.63) is 32.7 Å². The topological polar surface area (TPSA) is 66.8 Å². The summed E-state index contributed by atoms with van der Waals surface area (Å²) in [6, 6.07) is 0. The van der Waals surface area contributed by atoms with Gasteiger partial charge in [0.15, 0.2) is 11.5 Å². The summed E-state index contributed by atoms with van der Waals surface area (Å²) < 4.78 is 6.23. The molecule has 0 amide bonds. The number of allylic oxidation sites excluding steroid dienone is 1. The third-order valence-electron chi connectivity index (χ3n) is 2.38. The van der Waals surface area contributed by atoms with E-state index in [2.05, 4.69) is 38.4 Å². The first-order valence-corrected chi connectivity index (χ1v) is 6.60. The van der Waals surface area contributed by atoms with E-state index < -0.39 is 5.97 Å². The first-order chi connectivity index (χ1) is 8.43. The molecule has 0 fully saturated rings. The summed E-state index contributed by atoms with van der Waals surface area (Å²) in [7, 11) is 1.41. The summed E-state index contributed by atoms with van der Waals surface area (Å²) in [6.07, 6.45) is 1.91. The number of halogens is 2. The van der Waals surface area contributed by atoms with Crippen LogP contribution in [0.2, 0.25) is 0 Å². The minimum atomic E-state index is -1.03. The van der Waals surface area contributed by atoms with Gasteiger partial charge in [-0.3, -0.25) is 4.79 Å². The Morgan fingerprint density at radius 2 is 2.00 bits per heavy atom. The average molecular weight is 380 g/mol. The van der Waals surface area contributed by atoms with Crippen LogP contribution in [0.25, 0.3) is 0 Å². The number of carbonyl (C=O) groups is 1. The number of methoxy groups -OCH3 is 1. The minimum absolute atomic E-state index is 0.175. The molecule has 0 aliphatic heterocycles. The highest BCUT2D eigenvalue weighted by molar-refractivity contribution is 9.11. The van der Waals surface area contributed by atoms with Gasteiger partial charge in [-0.1, -0.05) is 22.0 Å². The maximum Gasteiger partial charge on any atom is 0.308 e. The zero-order valence-corrected chi connectivity index (χ0v) is 12.8. The summed E-state index contributed by atoms with van der Waals surface area (Å²) in [5.74, 6) is -0.974. The monoisotopic (exact) mass is 378 g/mol. The van der Waals surface area contributed by atoms with Crippen LogP contribution < -0.4 is 4.74 Å². The molecule has 98 valence electrons. The second-order valence-electron chi connectivity index (χ2n) is 3.53. The minimum Gasteiger partial charge on any atom is -0.504 e. The van der Waals surface area contributed by atoms with Crippen LogP contribution in [-0.4, -0.2) is 23.3 Å². The molecule has 0 aliphatic rings. The molecule has 0 radical (unpaired) electrons. The third kappa shape index (κ3) is 2.87. The molecule has 0 saturated heterocycles. The summed E-state index contributed by atoms with van der Waals surface area (Å²) in [6.45, 7) is 3.65. The lowest BCUT2D eigenvalue weighted by atomic mass is 10.0. The fraction of sp³-hybridized carbons (Fsp3) is 0.250. The predicted molar refractivity (Wildman–Crippen MR) is 75.3 cm³/mol. The van der Waals surface area contributed by atoms with Crippen molar-refractivity contribution < 1.29 is 19.7 Å². The molecule has 1 aromatic carbocycles. The molecule has 18 heavy (non-hydrogen) atoms. The van der Waals surface area contributed by atoms with Gasteiger partial charge in [0.2, 0.25) is 0 Å². The van der Waals surface area contributed by atoms with E-state index in [0.717, 1.165) is 5.56 Å². The van der Waals surface area contributed by atoms with Crippen molar-refractivity contribution in [1.29, 1.82) is 0 Å². The Bertz CT molecular complexity index is 498. The van der Waals surface area contributed by atoms with E-state index in [1.54, 1.807) is 6.08 Å². The molecule has 4 nitrogen and oxygen atoms in total. The van der Waals surface area contributed by atoms with E-state index in [9.17, 15) is 9.90 Å². The Balaban J connectivity index is 3.54. The van der Waals surface area contributed by atoms with Crippen LogP contribution in [0.5, 0.6) is 11.5 Å². The molecule has 0 heterocycles. The lowest BCUT2D eigenvalue weighted by Crippen LogP contribution is -2.05. The lowest BCUT2D eigenvalue weighted by Gasteiger charge is -2.16. The van der Waals surface area contributed by atoms with Crippen LogP contribution in [0, 0.1) is 0 Å². The maximum atomic E-state index is 10.8. The smallest absolute Gasteiger partial charge is 0.308 e. The Kier molecular flexibility index (Phi) is 5.22. The molecule has 2 N–H and O–H groups in total. The number of rotatable bonds is 5. The van der Waals surface area contributed by atoms with Gasteiger partial charge in [-0.15, -0.1) is 6.58 Å². The van der Waals surface area contributed by atoms with Gasteiger partial charge in [-0.2, -0.15) is 0 Å². The van der Waals surface area contributed by atoms with Crippen LogP contribution in [0.3, 0.4) is 0 Å². The first-order valence-electron chi connectivity index (χ1n) is 5.02. The predicted octanol–water partition coefficient (Wildman–Crippen LogP) is 3.28. The Hall–Kier alpha value is -1.01. The van der Waals surface area contributed by atoms with Crippen LogP contribution >= 0.6 is 31.9 Å². The molecule has 1 aromatic rings. The average Bonchev–Trinajstić information content (AvgIpc) is 2.31. The highest BCUT2D eigenvalue weighted by Gasteiger charge is 2.22. The fourth-order valence-corrected chi connectivity index (χ4v) is 3.25. The first kappa shape index (κ1) is 15.0. The zero-order valence-electron chi connectivity index (χ0n) is 9.67. The van der Waals surface area contributed by atoms with Crippen molar-refractivity contribution in [3.63, 3.8) is 0 Å². The number of benzene rings is 1. The Morgan fingerprint density at radius 1 is 1.39 bits per heavy atom. The SMILES string of the molecule is C=CCc1c(Br)c(CC(=O)O)c(O)c(OC)c1Br. The normalized spacial score (nSPS) is 10.2. The molecule has 0 aromatic heterocycles. The molecule has 0 bridgehead atoms. The number of carboxylic acids is 1. The quantitative estimate of drug-likeness (QED) is 0.770. The third-order valence-corrected chi connectivity index (χ3v) is 4.17. The number of phenols is 1. The van der Waals surface area contributed by atoms with Crippen molar-refractivity contribution >= 4 is 37.8 Å². The van der Waals surface area contributed by atoms with Crippen molar-refractivity contribution in [1.82, 2.24) is 0 Å². The molecule has 6 heteroatoms. The van der Waals surface area contributed by atoms with Gasteiger partial charge >= 0.3 is 5.97 Å². The second-order valence-corrected chi connectivity index (χ2v) is 5.12. The highest BCUT2D eigenvalue weighted by Crippen LogP contribution is 2.45. The van der Waals surface area contributed by atoms with E-state index >= 15 is 0 Å². The summed E-state index contributed by atoms with van der Waals surface area (Å²) in [5.41, 5.74) is 1.08. The molecule has 0 spiro atoms. The standard InChI is InChI=1S/C12H12Br2O4/c1-3-4-6-9(13)7(5-8(15)16)11(17)12(18-2)10(6)14/h3,17H,1,4-5H2,2H3,(H,15,16). The van der Waals surface area contributed by atoms with Crippen molar-refractivity contribution in [2.75, 3.05) is 7.11 Å². The van der Waals surface area contributed by atoms with Gasteiger partial charge < -0.3 is 14.9 Å². The van der Waals surface area contributed by atoms with Crippen LogP contribution in [0.4, 0.5) is 0 Å². The van der Waals surface area contributed by atoms with E-state index in [0.29, 0.717) is 20.9 Å². The number of hydrogen-bond donors (Lipinski definition) is 2. The number of hydrogen-bond acceptors (Lipinski definition) is 3. The van der Waals surface area contributed by atoms with E-state index in [1.165, 1.54) is 7.11 Å². The summed E-state index contributed by atoms with van der Waals surface area (Å²) in [5, 5.41) is 18.9. The number of carboxylic acid groups (broad SMARTS) is 1.